The summed E-state index contributed by atoms with van der Waals surface area (Å²) < 4.78 is 32.2. The van der Waals surface area contributed by atoms with Gasteiger partial charge in [-0.25, -0.2) is 19.2 Å². The van der Waals surface area contributed by atoms with E-state index in [0.29, 0.717) is 48.0 Å². The third-order valence-corrected chi connectivity index (χ3v) is 6.84. The highest BCUT2D eigenvalue weighted by atomic mass is 19.1. The second-order valence-electron chi connectivity index (χ2n) is 9.53. The number of nitrogens with zero attached hydrogens (tertiary/aromatic N) is 4. The van der Waals surface area contributed by atoms with Crippen molar-refractivity contribution in [3.63, 3.8) is 0 Å². The summed E-state index contributed by atoms with van der Waals surface area (Å²) in [4.78, 5) is 21.5. The first kappa shape index (κ1) is 31.7. The predicted octanol–water partition coefficient (Wildman–Crippen LogP) is 6.32. The molecule has 2 heterocycles. The molecule has 2 aromatic heterocycles. The van der Waals surface area contributed by atoms with Crippen LogP contribution < -0.4 is 10.5 Å². The van der Waals surface area contributed by atoms with E-state index in [-0.39, 0.29) is 12.2 Å². The van der Waals surface area contributed by atoms with Gasteiger partial charge in [-0.3, -0.25) is 0 Å². The highest BCUT2D eigenvalue weighted by Gasteiger charge is 2.16. The van der Waals surface area contributed by atoms with E-state index < -0.39 is 11.8 Å². The second kappa shape index (κ2) is 14.8. The maximum Gasteiger partial charge on any atom is 0.337 e. The van der Waals surface area contributed by atoms with Crippen LogP contribution in [0.1, 0.15) is 46.7 Å². The van der Waals surface area contributed by atoms with E-state index in [1.807, 2.05) is 48.7 Å². The van der Waals surface area contributed by atoms with E-state index in [9.17, 15) is 9.18 Å². The molecule has 3 aromatic carbocycles. The number of anilines is 1. The van der Waals surface area contributed by atoms with Crippen molar-refractivity contribution in [3.8, 4) is 23.2 Å². The summed E-state index contributed by atoms with van der Waals surface area (Å²) in [5.41, 5.74) is 12.0. The topological polar surface area (TPSA) is 125 Å². The molecular formula is C34H34FN5O4. The number of methoxy groups -OCH3 is 2. The Bertz CT molecular complexity index is 1810. The number of nitrogens with two attached hydrogens (primary N) is 1. The molecule has 0 saturated carbocycles. The fourth-order valence-electron chi connectivity index (χ4n) is 4.61. The lowest BCUT2D eigenvalue weighted by atomic mass is 10.0. The summed E-state index contributed by atoms with van der Waals surface area (Å²) in [7, 11) is 2.98. The number of nitriles is 1. The van der Waals surface area contributed by atoms with Gasteiger partial charge in [0.2, 0.25) is 5.88 Å². The molecule has 0 saturated heterocycles. The number of hydrogen-bond donors (Lipinski definition) is 1. The molecule has 0 fully saturated rings. The maximum atomic E-state index is 14.2. The van der Waals surface area contributed by atoms with Crippen LogP contribution in [0, 0.1) is 17.1 Å². The molecule has 0 spiro atoms. The standard InChI is InChI=1S/C32H28FN5O4.C2H6/c1-40-13-12-38-29-16-23(32(39)41-2)10-11-28(29)36-30(38)17-21-8-9-22(15-26(21)35)27-4-3-5-31(37-27)42-19-24-7-6-20(18-34)14-25(24)33;1-2/h3-11,14-16H,12-13,17,19,35H2,1-2H3;1-2H3. The summed E-state index contributed by atoms with van der Waals surface area (Å²) >= 11 is 0. The third kappa shape index (κ3) is 7.19. The minimum absolute atomic E-state index is 0.0275. The van der Waals surface area contributed by atoms with Crippen molar-refractivity contribution in [1.29, 1.82) is 5.26 Å². The summed E-state index contributed by atoms with van der Waals surface area (Å²) in [6.45, 7) is 4.99. The number of fused-ring (bicyclic) bond motifs is 1. The lowest BCUT2D eigenvalue weighted by Crippen LogP contribution is -2.10. The minimum Gasteiger partial charge on any atom is -0.473 e. The van der Waals surface area contributed by atoms with Gasteiger partial charge in [-0.05, 0) is 48.0 Å². The smallest absolute Gasteiger partial charge is 0.337 e. The van der Waals surface area contributed by atoms with Crippen molar-refractivity contribution >= 4 is 22.7 Å². The molecule has 9 nitrogen and oxygen atoms in total. The van der Waals surface area contributed by atoms with Crippen molar-refractivity contribution in [3.05, 3.63) is 107 Å². The lowest BCUT2D eigenvalue weighted by molar-refractivity contribution is 0.0601. The Kier molecular flexibility index (Phi) is 10.6. The molecule has 10 heteroatoms. The summed E-state index contributed by atoms with van der Waals surface area (Å²) in [6.07, 6.45) is 0.463. The predicted molar refractivity (Wildman–Crippen MR) is 167 cm³/mol. The number of benzene rings is 3. The lowest BCUT2D eigenvalue weighted by Gasteiger charge is -2.12. The number of rotatable bonds is 10. The number of halogens is 1. The SMILES string of the molecule is CC.COCCn1c(Cc2ccc(-c3cccc(OCc4ccc(C#N)cc4F)n3)cc2N)nc2ccc(C(=O)OC)cc21. The van der Waals surface area contributed by atoms with Crippen LogP contribution in [0.3, 0.4) is 0 Å². The molecule has 5 rings (SSSR count). The van der Waals surface area contributed by atoms with Crippen LogP contribution in [0.4, 0.5) is 10.1 Å². The molecular weight excluding hydrogens is 561 g/mol. The van der Waals surface area contributed by atoms with Crippen LogP contribution in [0.5, 0.6) is 5.88 Å². The van der Waals surface area contributed by atoms with Gasteiger partial charge in [-0.2, -0.15) is 5.26 Å². The fourth-order valence-corrected chi connectivity index (χ4v) is 4.61. The molecule has 2 N–H and O–H groups in total. The van der Waals surface area contributed by atoms with Crippen molar-refractivity contribution in [1.82, 2.24) is 14.5 Å². The zero-order chi connectivity index (χ0) is 31.6. The van der Waals surface area contributed by atoms with Gasteiger partial charge in [-0.1, -0.05) is 38.1 Å². The number of esters is 1. The van der Waals surface area contributed by atoms with Gasteiger partial charge in [0.05, 0.1) is 47.6 Å². The summed E-state index contributed by atoms with van der Waals surface area (Å²) in [5.74, 6) is 0.194. The van der Waals surface area contributed by atoms with E-state index in [0.717, 1.165) is 28.0 Å². The number of carbonyl (C=O) groups excluding carboxylic acids is 1. The van der Waals surface area contributed by atoms with E-state index in [1.165, 1.54) is 19.2 Å². The molecule has 0 aliphatic heterocycles. The Labute approximate surface area is 255 Å². The average molecular weight is 596 g/mol. The van der Waals surface area contributed by atoms with E-state index in [1.54, 1.807) is 43.5 Å². The fraction of sp³-hybridized carbons (Fsp3) is 0.235. The first-order chi connectivity index (χ1) is 21.4. The van der Waals surface area contributed by atoms with Crippen LogP contribution in [-0.4, -0.2) is 41.3 Å². The molecule has 0 amide bonds. The Morgan fingerprint density at radius 3 is 2.50 bits per heavy atom. The van der Waals surface area contributed by atoms with Crippen molar-refractivity contribution in [2.45, 2.75) is 33.4 Å². The average Bonchev–Trinajstić information content (AvgIpc) is 3.40. The van der Waals surface area contributed by atoms with E-state index >= 15 is 0 Å². The minimum atomic E-state index is -0.506. The van der Waals surface area contributed by atoms with Crippen LogP contribution in [0.15, 0.2) is 72.8 Å². The molecule has 0 atom stereocenters. The highest BCUT2D eigenvalue weighted by Crippen LogP contribution is 2.27. The van der Waals surface area contributed by atoms with Crippen LogP contribution in [0.2, 0.25) is 0 Å². The number of nitrogen functional groups attached to an aromatic ring is 1. The van der Waals surface area contributed by atoms with Gasteiger partial charge in [-0.15, -0.1) is 0 Å². The Morgan fingerprint density at radius 1 is 1.00 bits per heavy atom. The Hall–Kier alpha value is -5.27. The van der Waals surface area contributed by atoms with Gasteiger partial charge in [0.25, 0.3) is 0 Å². The number of carbonyl (C=O) groups is 1. The maximum absolute atomic E-state index is 14.2. The molecule has 0 aliphatic rings. The zero-order valence-corrected chi connectivity index (χ0v) is 25.1. The van der Waals surface area contributed by atoms with Crippen LogP contribution >= 0.6 is 0 Å². The highest BCUT2D eigenvalue weighted by molar-refractivity contribution is 5.93. The van der Waals surface area contributed by atoms with Gasteiger partial charge in [0.15, 0.2) is 0 Å². The first-order valence-corrected chi connectivity index (χ1v) is 14.1. The monoisotopic (exact) mass is 595 g/mol. The van der Waals surface area contributed by atoms with E-state index in [4.69, 9.17) is 30.2 Å². The van der Waals surface area contributed by atoms with Crippen molar-refractivity contribution in [2.75, 3.05) is 26.6 Å². The third-order valence-electron chi connectivity index (χ3n) is 6.84. The molecule has 5 aromatic rings. The molecule has 0 bridgehead atoms. The molecule has 0 unspecified atom stereocenters. The van der Waals surface area contributed by atoms with Gasteiger partial charge in [0, 0.05) is 43.0 Å². The molecule has 44 heavy (non-hydrogen) atoms. The summed E-state index contributed by atoms with van der Waals surface area (Å²) in [6, 6.07) is 22.5. The number of ether oxygens (including phenoxy) is 3. The summed E-state index contributed by atoms with van der Waals surface area (Å²) in [5, 5.41) is 8.93. The van der Waals surface area contributed by atoms with Crippen LogP contribution in [0.25, 0.3) is 22.3 Å². The first-order valence-electron chi connectivity index (χ1n) is 14.1. The Morgan fingerprint density at radius 2 is 1.80 bits per heavy atom. The van der Waals surface area contributed by atoms with E-state index in [2.05, 4.69) is 4.98 Å². The largest absolute Gasteiger partial charge is 0.473 e. The molecule has 226 valence electrons. The zero-order valence-electron chi connectivity index (χ0n) is 25.1. The number of aromatic nitrogens is 3. The normalized spacial score (nSPS) is 10.5. The van der Waals surface area contributed by atoms with Gasteiger partial charge in [0.1, 0.15) is 18.2 Å². The van der Waals surface area contributed by atoms with Crippen LogP contribution in [-0.2, 0) is 29.0 Å². The Balaban J connectivity index is 0.00000216. The quantitative estimate of drug-likeness (QED) is 0.147. The molecule has 0 aliphatic carbocycles. The van der Waals surface area contributed by atoms with Crippen molar-refractivity contribution < 1.29 is 23.4 Å². The number of hydrogen-bond acceptors (Lipinski definition) is 8. The molecule has 0 radical (unpaired) electrons. The van der Waals surface area contributed by atoms with Crippen molar-refractivity contribution in [2.24, 2.45) is 0 Å². The number of pyridine rings is 1. The number of imidazole rings is 1. The van der Waals surface area contributed by atoms with Gasteiger partial charge >= 0.3 is 5.97 Å². The second-order valence-corrected chi connectivity index (χ2v) is 9.53. The van der Waals surface area contributed by atoms with Gasteiger partial charge < -0.3 is 24.5 Å².